The highest BCUT2D eigenvalue weighted by Gasteiger charge is 2.05. The Bertz CT molecular complexity index is 725. The molecule has 3 N–H and O–H groups in total. The van der Waals surface area contributed by atoms with Crippen LogP contribution in [0.3, 0.4) is 0 Å². The third-order valence-corrected chi connectivity index (χ3v) is 4.48. The number of carbonyl (C=O) groups is 1. The van der Waals surface area contributed by atoms with E-state index in [0.29, 0.717) is 19.0 Å². The Balaban J connectivity index is 0.00000312. The maximum Gasteiger partial charge on any atom is 0.221 e. The standard InChI is InChI=1S/C17H23N5OS.HI/c1-11-12(2)24-16(21-11)10-20-17(18-4)19-9-14-6-5-7-15(8-14)22-13(3)23;/h5-8H,9-10H2,1-4H3,(H,22,23)(H2,18,19,20);1H. The molecule has 0 aliphatic heterocycles. The van der Waals surface area contributed by atoms with Crippen molar-refractivity contribution in [2.24, 2.45) is 4.99 Å². The number of hydrogen-bond donors (Lipinski definition) is 3. The number of aromatic nitrogens is 1. The van der Waals surface area contributed by atoms with Crippen LogP contribution >= 0.6 is 35.3 Å². The van der Waals surface area contributed by atoms with Crippen LogP contribution in [0.25, 0.3) is 0 Å². The van der Waals surface area contributed by atoms with Crippen molar-refractivity contribution in [3.8, 4) is 0 Å². The minimum absolute atomic E-state index is 0. The second kappa shape index (κ2) is 10.3. The smallest absolute Gasteiger partial charge is 0.221 e. The molecule has 2 rings (SSSR count). The van der Waals surface area contributed by atoms with Gasteiger partial charge in [-0.15, -0.1) is 35.3 Å². The second-order valence-electron chi connectivity index (χ2n) is 5.41. The summed E-state index contributed by atoms with van der Waals surface area (Å²) >= 11 is 1.69. The van der Waals surface area contributed by atoms with Crippen LogP contribution in [-0.4, -0.2) is 23.9 Å². The molecule has 0 atom stereocenters. The Morgan fingerprint density at radius 2 is 1.96 bits per heavy atom. The highest BCUT2D eigenvalue weighted by atomic mass is 127. The van der Waals surface area contributed by atoms with E-state index in [0.717, 1.165) is 22.0 Å². The number of amides is 1. The molecule has 0 saturated carbocycles. The molecule has 0 radical (unpaired) electrons. The zero-order valence-electron chi connectivity index (χ0n) is 14.8. The predicted molar refractivity (Wildman–Crippen MR) is 115 cm³/mol. The number of nitrogens with one attached hydrogen (secondary N) is 3. The monoisotopic (exact) mass is 473 g/mol. The van der Waals surface area contributed by atoms with E-state index < -0.39 is 0 Å². The van der Waals surface area contributed by atoms with Crippen LogP contribution in [0.4, 0.5) is 5.69 Å². The van der Waals surface area contributed by atoms with Crippen molar-refractivity contribution in [3.05, 3.63) is 45.4 Å². The maximum atomic E-state index is 11.1. The minimum Gasteiger partial charge on any atom is -0.352 e. The zero-order valence-corrected chi connectivity index (χ0v) is 18.0. The van der Waals surface area contributed by atoms with Crippen molar-refractivity contribution >= 4 is 52.9 Å². The average Bonchev–Trinajstić information content (AvgIpc) is 2.85. The number of anilines is 1. The number of aliphatic imine (C=N–C) groups is 1. The number of guanidine groups is 1. The molecule has 0 saturated heterocycles. The Kier molecular flexibility index (Phi) is 8.84. The Hall–Kier alpha value is -1.68. The number of aryl methyl sites for hydroxylation is 2. The fourth-order valence-corrected chi connectivity index (χ4v) is 3.02. The van der Waals surface area contributed by atoms with Gasteiger partial charge < -0.3 is 16.0 Å². The molecular weight excluding hydrogens is 449 g/mol. The molecule has 1 amide bonds. The summed E-state index contributed by atoms with van der Waals surface area (Å²) in [7, 11) is 1.74. The van der Waals surface area contributed by atoms with Gasteiger partial charge in [-0.1, -0.05) is 12.1 Å². The molecule has 1 heterocycles. The normalized spacial score (nSPS) is 10.8. The molecule has 8 heteroatoms. The minimum atomic E-state index is -0.0772. The van der Waals surface area contributed by atoms with E-state index in [1.165, 1.54) is 11.8 Å². The summed E-state index contributed by atoms with van der Waals surface area (Å²) in [5.41, 5.74) is 2.93. The summed E-state index contributed by atoms with van der Waals surface area (Å²) in [6.07, 6.45) is 0. The van der Waals surface area contributed by atoms with Gasteiger partial charge in [-0.25, -0.2) is 4.98 Å². The lowest BCUT2D eigenvalue weighted by Crippen LogP contribution is -2.36. The SMILES string of the molecule is CN=C(NCc1cccc(NC(C)=O)c1)NCc1nc(C)c(C)s1.I. The maximum absolute atomic E-state index is 11.1. The van der Waals surface area contributed by atoms with Crippen molar-refractivity contribution in [2.45, 2.75) is 33.9 Å². The Morgan fingerprint density at radius 3 is 2.56 bits per heavy atom. The molecule has 136 valence electrons. The molecule has 1 aromatic carbocycles. The molecule has 6 nitrogen and oxygen atoms in total. The van der Waals surface area contributed by atoms with Gasteiger partial charge in [0.1, 0.15) is 5.01 Å². The van der Waals surface area contributed by atoms with Gasteiger partial charge in [-0.3, -0.25) is 9.79 Å². The summed E-state index contributed by atoms with van der Waals surface area (Å²) < 4.78 is 0. The number of carbonyl (C=O) groups excluding carboxylic acids is 1. The lowest BCUT2D eigenvalue weighted by Gasteiger charge is -2.12. The van der Waals surface area contributed by atoms with Crippen LogP contribution < -0.4 is 16.0 Å². The third kappa shape index (κ3) is 6.99. The molecular formula is C17H24IN5OS. The molecule has 0 aliphatic rings. The lowest BCUT2D eigenvalue weighted by atomic mass is 10.2. The highest BCUT2D eigenvalue weighted by Crippen LogP contribution is 2.16. The first-order chi connectivity index (χ1) is 11.5. The number of nitrogens with zero attached hydrogens (tertiary/aromatic N) is 2. The summed E-state index contributed by atoms with van der Waals surface area (Å²) in [5, 5.41) is 10.3. The van der Waals surface area contributed by atoms with Crippen molar-refractivity contribution in [2.75, 3.05) is 12.4 Å². The molecule has 0 fully saturated rings. The predicted octanol–water partition coefficient (Wildman–Crippen LogP) is 3.20. The van der Waals surface area contributed by atoms with Crippen molar-refractivity contribution in [1.29, 1.82) is 0 Å². The fourth-order valence-electron chi connectivity index (χ4n) is 2.14. The number of rotatable bonds is 5. The van der Waals surface area contributed by atoms with Gasteiger partial charge in [0.25, 0.3) is 0 Å². The second-order valence-corrected chi connectivity index (χ2v) is 6.70. The topological polar surface area (TPSA) is 78.4 Å². The molecule has 0 unspecified atom stereocenters. The summed E-state index contributed by atoms with van der Waals surface area (Å²) in [5.74, 6) is 0.636. The summed E-state index contributed by atoms with van der Waals surface area (Å²) in [6, 6.07) is 7.72. The largest absolute Gasteiger partial charge is 0.352 e. The molecule has 1 aromatic heterocycles. The number of halogens is 1. The van der Waals surface area contributed by atoms with Crippen LogP contribution in [0.2, 0.25) is 0 Å². The number of thiazole rings is 1. The van der Waals surface area contributed by atoms with Gasteiger partial charge in [0.15, 0.2) is 5.96 Å². The van der Waals surface area contributed by atoms with Crippen molar-refractivity contribution in [3.63, 3.8) is 0 Å². The van der Waals surface area contributed by atoms with Crippen LogP contribution in [0.5, 0.6) is 0 Å². The fraction of sp³-hybridized carbons (Fsp3) is 0.353. The van der Waals surface area contributed by atoms with E-state index in [4.69, 9.17) is 0 Å². The van der Waals surface area contributed by atoms with E-state index in [1.54, 1.807) is 18.4 Å². The summed E-state index contributed by atoms with van der Waals surface area (Å²) in [6.45, 7) is 6.85. The quantitative estimate of drug-likeness (QED) is 0.354. The van der Waals surface area contributed by atoms with Crippen LogP contribution in [0.1, 0.15) is 28.1 Å². The molecule has 0 spiro atoms. The van der Waals surface area contributed by atoms with Crippen molar-refractivity contribution < 1.29 is 4.79 Å². The van der Waals surface area contributed by atoms with Gasteiger partial charge in [-0.05, 0) is 31.5 Å². The zero-order chi connectivity index (χ0) is 17.5. The van der Waals surface area contributed by atoms with E-state index in [9.17, 15) is 4.79 Å². The number of benzene rings is 1. The van der Waals surface area contributed by atoms with Gasteiger partial charge in [0.05, 0.1) is 12.2 Å². The Morgan fingerprint density at radius 1 is 1.24 bits per heavy atom. The van der Waals surface area contributed by atoms with E-state index in [1.807, 2.05) is 31.2 Å². The van der Waals surface area contributed by atoms with Crippen molar-refractivity contribution in [1.82, 2.24) is 15.6 Å². The Labute approximate surface area is 169 Å². The number of hydrogen-bond acceptors (Lipinski definition) is 4. The summed E-state index contributed by atoms with van der Waals surface area (Å²) in [4.78, 5) is 21.1. The van der Waals surface area contributed by atoms with E-state index >= 15 is 0 Å². The van der Waals surface area contributed by atoms with E-state index in [2.05, 4.69) is 32.9 Å². The van der Waals surface area contributed by atoms with Gasteiger partial charge in [0.2, 0.25) is 5.91 Å². The first-order valence-electron chi connectivity index (χ1n) is 7.72. The molecule has 0 aliphatic carbocycles. The van der Waals surface area contributed by atoms with Crippen LogP contribution in [0, 0.1) is 13.8 Å². The highest BCUT2D eigenvalue weighted by molar-refractivity contribution is 14.0. The first-order valence-corrected chi connectivity index (χ1v) is 8.53. The molecule has 25 heavy (non-hydrogen) atoms. The van der Waals surface area contributed by atoms with Crippen LogP contribution in [-0.2, 0) is 17.9 Å². The van der Waals surface area contributed by atoms with Crippen LogP contribution in [0.15, 0.2) is 29.3 Å². The van der Waals surface area contributed by atoms with E-state index in [-0.39, 0.29) is 29.9 Å². The lowest BCUT2D eigenvalue weighted by molar-refractivity contribution is -0.114. The molecule has 2 aromatic rings. The first kappa shape index (κ1) is 21.4. The van der Waals surface area contributed by atoms with Gasteiger partial charge in [-0.2, -0.15) is 0 Å². The third-order valence-electron chi connectivity index (χ3n) is 3.41. The van der Waals surface area contributed by atoms with Gasteiger partial charge >= 0.3 is 0 Å². The van der Waals surface area contributed by atoms with Gasteiger partial charge in [0, 0.05) is 31.1 Å². The average molecular weight is 473 g/mol. The molecule has 0 bridgehead atoms.